The molecule has 0 unspecified atom stereocenters. The lowest BCUT2D eigenvalue weighted by Crippen LogP contribution is -2.04. The molecule has 3 aromatic rings. The molecule has 2 heterocycles. The average molecular weight is 475 g/mol. The van der Waals surface area contributed by atoms with E-state index in [1.807, 2.05) is 56.3 Å². The van der Waals surface area contributed by atoms with Gasteiger partial charge in [-0.05, 0) is 61.4 Å². The molecule has 35 heavy (non-hydrogen) atoms. The van der Waals surface area contributed by atoms with Gasteiger partial charge in [0.2, 0.25) is 6.79 Å². The summed E-state index contributed by atoms with van der Waals surface area (Å²) in [6, 6.07) is 15.3. The van der Waals surface area contributed by atoms with Gasteiger partial charge in [-0.3, -0.25) is 5.43 Å². The van der Waals surface area contributed by atoms with Gasteiger partial charge >= 0.3 is 0 Å². The van der Waals surface area contributed by atoms with Crippen LogP contribution in [0.2, 0.25) is 0 Å². The Hall–Kier alpha value is -4.29. The first-order valence-corrected chi connectivity index (χ1v) is 11.1. The molecule has 0 aliphatic carbocycles. The molecule has 0 saturated carbocycles. The number of methoxy groups -OCH3 is 1. The second-order valence-corrected chi connectivity index (χ2v) is 7.68. The Morgan fingerprint density at radius 1 is 1.09 bits per heavy atom. The first-order valence-electron chi connectivity index (χ1n) is 11.1. The molecular weight excluding hydrogens is 448 g/mol. The molecule has 0 saturated heterocycles. The second kappa shape index (κ2) is 11.2. The first kappa shape index (κ1) is 23.9. The van der Waals surface area contributed by atoms with E-state index < -0.39 is 0 Å². The number of aromatic nitrogens is 1. The molecule has 0 amide bonds. The molecule has 0 atom stereocenters. The van der Waals surface area contributed by atoms with Crippen LogP contribution in [0.15, 0.2) is 47.6 Å². The van der Waals surface area contributed by atoms with Crippen molar-refractivity contribution in [3.8, 4) is 29.1 Å². The highest BCUT2D eigenvalue weighted by Crippen LogP contribution is 2.34. The molecule has 9 heteroatoms. The normalized spacial score (nSPS) is 11.9. The highest BCUT2D eigenvalue weighted by Gasteiger charge is 2.14. The summed E-state index contributed by atoms with van der Waals surface area (Å²) in [5.74, 6) is 3.05. The summed E-state index contributed by atoms with van der Waals surface area (Å²) in [5, 5.41) is 13.8. The van der Waals surface area contributed by atoms with E-state index in [0.717, 1.165) is 28.1 Å². The van der Waals surface area contributed by atoms with Gasteiger partial charge in [-0.2, -0.15) is 10.4 Å². The Balaban J connectivity index is 1.46. The Morgan fingerprint density at radius 2 is 1.94 bits per heavy atom. The summed E-state index contributed by atoms with van der Waals surface area (Å²) in [6.07, 6.45) is 1.63. The van der Waals surface area contributed by atoms with Crippen molar-refractivity contribution in [1.29, 1.82) is 5.26 Å². The van der Waals surface area contributed by atoms with Crippen molar-refractivity contribution in [3.63, 3.8) is 0 Å². The van der Waals surface area contributed by atoms with Crippen molar-refractivity contribution in [3.05, 3.63) is 70.4 Å². The standard InChI is InChI=1S/C26H26N4O5/c1-4-32-24-10-18(13-28-30-26-21(12-27)20(15-31-3)9-17(2)29-26)5-7-22(24)33-14-19-6-8-23-25(11-19)35-16-34-23/h5-11,13H,4,14-16H2,1-3H3,(H,29,30). The number of aryl methyl sites for hydroxylation is 1. The molecule has 180 valence electrons. The largest absolute Gasteiger partial charge is 0.490 e. The summed E-state index contributed by atoms with van der Waals surface area (Å²) in [5.41, 5.74) is 6.53. The number of nitrogens with zero attached hydrogens (tertiary/aromatic N) is 3. The van der Waals surface area contributed by atoms with Crippen LogP contribution in [0, 0.1) is 18.3 Å². The second-order valence-electron chi connectivity index (χ2n) is 7.68. The van der Waals surface area contributed by atoms with Crippen LogP contribution in [0.1, 0.15) is 34.9 Å². The van der Waals surface area contributed by atoms with Crippen LogP contribution >= 0.6 is 0 Å². The Kier molecular flexibility index (Phi) is 7.65. The number of fused-ring (bicyclic) bond motifs is 1. The van der Waals surface area contributed by atoms with Gasteiger partial charge < -0.3 is 23.7 Å². The van der Waals surface area contributed by atoms with Gasteiger partial charge in [-0.25, -0.2) is 4.98 Å². The van der Waals surface area contributed by atoms with Crippen LogP contribution < -0.4 is 24.4 Å². The Bertz CT molecular complexity index is 1270. The van der Waals surface area contributed by atoms with Crippen LogP contribution in [-0.2, 0) is 18.0 Å². The molecule has 1 aliphatic heterocycles. The minimum Gasteiger partial charge on any atom is -0.490 e. The van der Waals surface area contributed by atoms with E-state index in [0.29, 0.717) is 48.5 Å². The van der Waals surface area contributed by atoms with E-state index in [2.05, 4.69) is 21.6 Å². The number of ether oxygens (including phenoxy) is 5. The molecule has 9 nitrogen and oxygen atoms in total. The average Bonchev–Trinajstić information content (AvgIpc) is 3.32. The highest BCUT2D eigenvalue weighted by atomic mass is 16.7. The third-order valence-corrected chi connectivity index (χ3v) is 5.12. The maximum Gasteiger partial charge on any atom is 0.231 e. The number of hydrogen-bond acceptors (Lipinski definition) is 9. The highest BCUT2D eigenvalue weighted by molar-refractivity contribution is 5.81. The van der Waals surface area contributed by atoms with Crippen molar-refractivity contribution < 1.29 is 23.7 Å². The van der Waals surface area contributed by atoms with Gasteiger partial charge in [-0.15, -0.1) is 0 Å². The van der Waals surface area contributed by atoms with Crippen LogP contribution in [0.4, 0.5) is 5.82 Å². The number of rotatable bonds is 10. The zero-order chi connectivity index (χ0) is 24.6. The van der Waals surface area contributed by atoms with Gasteiger partial charge in [-0.1, -0.05) is 6.07 Å². The monoisotopic (exact) mass is 474 g/mol. The Morgan fingerprint density at radius 3 is 2.74 bits per heavy atom. The van der Waals surface area contributed by atoms with Gasteiger partial charge in [0.1, 0.15) is 18.2 Å². The molecule has 1 aromatic heterocycles. The minimum atomic E-state index is 0.234. The van der Waals surface area contributed by atoms with E-state index in [9.17, 15) is 5.26 Å². The fourth-order valence-electron chi connectivity index (χ4n) is 3.57. The lowest BCUT2D eigenvalue weighted by molar-refractivity contribution is 0.174. The van der Waals surface area contributed by atoms with Crippen molar-refractivity contribution in [2.24, 2.45) is 5.10 Å². The summed E-state index contributed by atoms with van der Waals surface area (Å²) < 4.78 is 27.7. The predicted molar refractivity (Wildman–Crippen MR) is 130 cm³/mol. The molecule has 0 bridgehead atoms. The zero-order valence-corrected chi connectivity index (χ0v) is 19.8. The van der Waals surface area contributed by atoms with E-state index >= 15 is 0 Å². The maximum atomic E-state index is 9.56. The topological polar surface area (TPSA) is 107 Å². The zero-order valence-electron chi connectivity index (χ0n) is 19.8. The van der Waals surface area contributed by atoms with Crippen LogP contribution in [0.5, 0.6) is 23.0 Å². The van der Waals surface area contributed by atoms with E-state index in [1.165, 1.54) is 0 Å². The molecule has 4 rings (SSSR count). The molecular formula is C26H26N4O5. The summed E-state index contributed by atoms with van der Waals surface area (Å²) in [6.45, 7) is 5.15. The van der Waals surface area contributed by atoms with Crippen LogP contribution in [-0.4, -0.2) is 31.7 Å². The number of nitrogens with one attached hydrogen (secondary N) is 1. The Labute approximate surface area is 203 Å². The van der Waals surface area contributed by atoms with E-state index in [4.69, 9.17) is 23.7 Å². The summed E-state index contributed by atoms with van der Waals surface area (Å²) in [7, 11) is 1.58. The predicted octanol–water partition coefficient (Wildman–Crippen LogP) is 4.56. The third kappa shape index (κ3) is 5.80. The van der Waals surface area contributed by atoms with Crippen LogP contribution in [0.3, 0.4) is 0 Å². The van der Waals surface area contributed by atoms with Crippen molar-refractivity contribution >= 4 is 12.0 Å². The molecule has 2 aromatic carbocycles. The molecule has 1 aliphatic rings. The van der Waals surface area contributed by atoms with Gasteiger partial charge in [0.15, 0.2) is 28.8 Å². The fraction of sp³-hybridized carbons (Fsp3) is 0.269. The van der Waals surface area contributed by atoms with E-state index in [-0.39, 0.29) is 6.79 Å². The van der Waals surface area contributed by atoms with Crippen molar-refractivity contribution in [1.82, 2.24) is 4.98 Å². The smallest absolute Gasteiger partial charge is 0.231 e. The quantitative estimate of drug-likeness (QED) is 0.337. The van der Waals surface area contributed by atoms with Crippen molar-refractivity contribution in [2.75, 3.05) is 25.9 Å². The molecule has 0 radical (unpaired) electrons. The molecule has 0 fully saturated rings. The molecule has 1 N–H and O–H groups in total. The third-order valence-electron chi connectivity index (χ3n) is 5.12. The number of anilines is 1. The summed E-state index contributed by atoms with van der Waals surface area (Å²) in [4.78, 5) is 4.39. The number of pyridine rings is 1. The van der Waals surface area contributed by atoms with Gasteiger partial charge in [0, 0.05) is 18.4 Å². The summed E-state index contributed by atoms with van der Waals surface area (Å²) >= 11 is 0. The minimum absolute atomic E-state index is 0.234. The fourth-order valence-corrected chi connectivity index (χ4v) is 3.57. The number of hydrazone groups is 1. The van der Waals surface area contributed by atoms with Crippen molar-refractivity contribution in [2.45, 2.75) is 27.1 Å². The first-order chi connectivity index (χ1) is 17.1. The van der Waals surface area contributed by atoms with Gasteiger partial charge in [0.25, 0.3) is 0 Å². The number of benzene rings is 2. The van der Waals surface area contributed by atoms with Crippen LogP contribution in [0.25, 0.3) is 0 Å². The molecule has 0 spiro atoms. The lowest BCUT2D eigenvalue weighted by atomic mass is 10.1. The maximum absolute atomic E-state index is 9.56. The van der Waals surface area contributed by atoms with Gasteiger partial charge in [0.05, 0.1) is 19.4 Å². The number of hydrogen-bond donors (Lipinski definition) is 1. The van der Waals surface area contributed by atoms with E-state index in [1.54, 1.807) is 13.3 Å². The SMILES string of the molecule is CCOc1cc(C=NNc2nc(C)cc(COC)c2C#N)ccc1OCc1ccc2c(c1)OCO2. The number of nitriles is 1. The lowest BCUT2D eigenvalue weighted by Gasteiger charge is -2.13.